The van der Waals surface area contributed by atoms with E-state index in [4.69, 9.17) is 4.74 Å². The van der Waals surface area contributed by atoms with Gasteiger partial charge in [0, 0.05) is 37.6 Å². The lowest BCUT2D eigenvalue weighted by Gasteiger charge is -2.28. The van der Waals surface area contributed by atoms with E-state index in [9.17, 15) is 0 Å². The van der Waals surface area contributed by atoms with Gasteiger partial charge in [0.05, 0.1) is 6.61 Å². The Morgan fingerprint density at radius 1 is 1.44 bits per heavy atom. The van der Waals surface area contributed by atoms with Crippen LogP contribution in [0.3, 0.4) is 0 Å². The topological polar surface area (TPSA) is 38.2 Å². The first kappa shape index (κ1) is 13.7. The molecule has 4 nitrogen and oxygen atoms in total. The van der Waals surface area contributed by atoms with Crippen molar-refractivity contribution in [2.45, 2.75) is 45.6 Å². The molecule has 0 amide bonds. The Bertz CT molecular complexity index is 369. The molecule has 1 aliphatic rings. The van der Waals surface area contributed by atoms with Crippen molar-refractivity contribution in [3.8, 4) is 0 Å². The maximum atomic E-state index is 5.23. The molecular formula is C13H23N3OS. The highest BCUT2D eigenvalue weighted by Gasteiger charge is 2.28. The molecule has 1 aliphatic carbocycles. The number of hydrogen-bond donors (Lipinski definition) is 0. The summed E-state index contributed by atoms with van der Waals surface area (Å²) in [5.74, 6) is 1.79. The number of aromatic nitrogens is 2. The van der Waals surface area contributed by atoms with Gasteiger partial charge in [0.1, 0.15) is 5.82 Å². The zero-order chi connectivity index (χ0) is 13.0. The molecule has 0 saturated heterocycles. The molecule has 18 heavy (non-hydrogen) atoms. The van der Waals surface area contributed by atoms with Gasteiger partial charge in [0.15, 0.2) is 0 Å². The van der Waals surface area contributed by atoms with Gasteiger partial charge in [-0.1, -0.05) is 13.8 Å². The third-order valence-corrected chi connectivity index (χ3v) is 4.45. The smallest absolute Gasteiger partial charge is 0.205 e. The van der Waals surface area contributed by atoms with Crippen LogP contribution in [0.2, 0.25) is 0 Å². The fraction of sp³-hybridized carbons (Fsp3) is 0.846. The van der Waals surface area contributed by atoms with Crippen LogP contribution in [0.25, 0.3) is 0 Å². The number of hydrogen-bond acceptors (Lipinski definition) is 5. The largest absolute Gasteiger partial charge is 0.383 e. The Balaban J connectivity index is 2.08. The average Bonchev–Trinajstić information content (AvgIpc) is 2.99. The molecule has 5 heteroatoms. The zero-order valence-corrected chi connectivity index (χ0v) is 12.4. The quantitative estimate of drug-likeness (QED) is 0.796. The van der Waals surface area contributed by atoms with E-state index < -0.39 is 0 Å². The average molecular weight is 269 g/mol. The van der Waals surface area contributed by atoms with Crippen molar-refractivity contribution in [2.24, 2.45) is 5.92 Å². The lowest BCUT2D eigenvalue weighted by atomic mass is 10.1. The van der Waals surface area contributed by atoms with E-state index in [1.807, 2.05) is 0 Å². The summed E-state index contributed by atoms with van der Waals surface area (Å²) in [7, 11) is 1.76. The molecule has 0 aromatic carbocycles. The van der Waals surface area contributed by atoms with Gasteiger partial charge in [-0.25, -0.2) is 4.98 Å². The van der Waals surface area contributed by atoms with Crippen molar-refractivity contribution in [2.75, 3.05) is 25.2 Å². The summed E-state index contributed by atoms with van der Waals surface area (Å²) < 4.78 is 9.63. The second-order valence-electron chi connectivity index (χ2n) is 5.10. The summed E-state index contributed by atoms with van der Waals surface area (Å²) in [5.41, 5.74) is 0. The van der Waals surface area contributed by atoms with Crippen LogP contribution in [0.15, 0.2) is 0 Å². The lowest BCUT2D eigenvalue weighted by molar-refractivity contribution is 0.203. The van der Waals surface area contributed by atoms with E-state index in [1.54, 1.807) is 7.11 Å². The highest BCUT2D eigenvalue weighted by molar-refractivity contribution is 7.09. The summed E-state index contributed by atoms with van der Waals surface area (Å²) in [4.78, 5) is 7.04. The van der Waals surface area contributed by atoms with Crippen LogP contribution in [-0.2, 0) is 11.2 Å². The Labute approximate surface area is 114 Å². The van der Waals surface area contributed by atoms with Crippen LogP contribution >= 0.6 is 11.5 Å². The Kier molecular flexibility index (Phi) is 4.95. The summed E-state index contributed by atoms with van der Waals surface area (Å²) in [6.07, 6.45) is 4.78. The van der Waals surface area contributed by atoms with Gasteiger partial charge < -0.3 is 9.64 Å². The van der Waals surface area contributed by atoms with E-state index in [-0.39, 0.29) is 0 Å². The summed E-state index contributed by atoms with van der Waals surface area (Å²) in [5, 5.41) is 1.07. The molecule has 0 bridgehead atoms. The molecule has 2 unspecified atom stereocenters. The SMILES string of the molecule is CCc1nsc(N(CCOC)C2CCC(C)C2)n1. The third-order valence-electron chi connectivity index (χ3n) is 3.66. The standard InChI is InChI=1S/C13H23N3OS/c1-4-12-14-13(18-15-12)16(7-8-17-3)11-6-5-10(2)9-11/h10-11H,4-9H2,1-3H3. The molecule has 2 atom stereocenters. The van der Waals surface area contributed by atoms with Crippen LogP contribution < -0.4 is 4.90 Å². The molecule has 1 heterocycles. The van der Waals surface area contributed by atoms with Crippen molar-refractivity contribution in [1.82, 2.24) is 9.36 Å². The Morgan fingerprint density at radius 2 is 2.28 bits per heavy atom. The minimum absolute atomic E-state index is 0.618. The van der Waals surface area contributed by atoms with Crippen molar-refractivity contribution in [3.63, 3.8) is 0 Å². The van der Waals surface area contributed by atoms with Crippen LogP contribution in [0, 0.1) is 5.92 Å². The van der Waals surface area contributed by atoms with E-state index in [2.05, 4.69) is 28.1 Å². The predicted molar refractivity (Wildman–Crippen MR) is 75.3 cm³/mol. The van der Waals surface area contributed by atoms with Gasteiger partial charge in [-0.3, -0.25) is 0 Å². The third kappa shape index (κ3) is 3.20. The van der Waals surface area contributed by atoms with Gasteiger partial charge >= 0.3 is 0 Å². The first-order valence-electron chi connectivity index (χ1n) is 6.82. The van der Waals surface area contributed by atoms with Crippen molar-refractivity contribution >= 4 is 16.7 Å². The van der Waals surface area contributed by atoms with Gasteiger partial charge in [0.2, 0.25) is 5.13 Å². The molecule has 2 rings (SSSR count). The lowest BCUT2D eigenvalue weighted by Crippen LogP contribution is -2.36. The second-order valence-corrected chi connectivity index (χ2v) is 5.84. The molecule has 1 fully saturated rings. The maximum absolute atomic E-state index is 5.23. The van der Waals surface area contributed by atoms with Crippen LogP contribution in [-0.4, -0.2) is 35.7 Å². The highest BCUT2D eigenvalue weighted by Crippen LogP contribution is 2.32. The Hall–Kier alpha value is -0.680. The van der Waals surface area contributed by atoms with Crippen LogP contribution in [0.1, 0.15) is 38.9 Å². The van der Waals surface area contributed by atoms with E-state index in [1.165, 1.54) is 30.8 Å². The van der Waals surface area contributed by atoms with Crippen molar-refractivity contribution in [3.05, 3.63) is 5.82 Å². The molecule has 0 radical (unpaired) electrons. The molecular weight excluding hydrogens is 246 g/mol. The minimum Gasteiger partial charge on any atom is -0.383 e. The minimum atomic E-state index is 0.618. The van der Waals surface area contributed by atoms with E-state index in [0.29, 0.717) is 6.04 Å². The Morgan fingerprint density at radius 3 is 2.83 bits per heavy atom. The van der Waals surface area contributed by atoms with Gasteiger partial charge in [-0.05, 0) is 25.2 Å². The summed E-state index contributed by atoms with van der Waals surface area (Å²) in [6, 6.07) is 0.618. The van der Waals surface area contributed by atoms with Gasteiger partial charge in [-0.2, -0.15) is 4.37 Å². The molecule has 102 valence electrons. The zero-order valence-electron chi connectivity index (χ0n) is 11.6. The number of nitrogens with zero attached hydrogens (tertiary/aromatic N) is 3. The molecule has 0 aliphatic heterocycles. The van der Waals surface area contributed by atoms with Crippen LogP contribution in [0.4, 0.5) is 5.13 Å². The summed E-state index contributed by atoms with van der Waals surface area (Å²) in [6.45, 7) is 6.12. The molecule has 0 spiro atoms. The number of ether oxygens (including phenoxy) is 1. The molecule has 0 N–H and O–H groups in total. The number of methoxy groups -OCH3 is 1. The van der Waals surface area contributed by atoms with E-state index >= 15 is 0 Å². The second kappa shape index (κ2) is 6.48. The molecule has 1 aromatic rings. The fourth-order valence-electron chi connectivity index (χ4n) is 2.59. The normalized spacial score (nSPS) is 23.5. The first-order chi connectivity index (χ1) is 8.74. The number of rotatable bonds is 6. The monoisotopic (exact) mass is 269 g/mol. The fourth-order valence-corrected chi connectivity index (χ4v) is 3.44. The predicted octanol–water partition coefficient (Wildman–Crippen LogP) is 2.74. The molecule has 1 saturated carbocycles. The number of anilines is 1. The van der Waals surface area contributed by atoms with Gasteiger partial charge in [0.25, 0.3) is 0 Å². The van der Waals surface area contributed by atoms with Crippen molar-refractivity contribution < 1.29 is 4.74 Å². The number of aryl methyl sites for hydroxylation is 1. The maximum Gasteiger partial charge on any atom is 0.205 e. The molecule has 1 aromatic heterocycles. The van der Waals surface area contributed by atoms with E-state index in [0.717, 1.165) is 36.4 Å². The van der Waals surface area contributed by atoms with Gasteiger partial charge in [-0.15, -0.1) is 0 Å². The highest BCUT2D eigenvalue weighted by atomic mass is 32.1. The van der Waals surface area contributed by atoms with Crippen molar-refractivity contribution in [1.29, 1.82) is 0 Å². The first-order valence-corrected chi connectivity index (χ1v) is 7.60. The summed E-state index contributed by atoms with van der Waals surface area (Å²) >= 11 is 1.53. The van der Waals surface area contributed by atoms with Crippen LogP contribution in [0.5, 0.6) is 0 Å².